The minimum atomic E-state index is -2.76. The fraction of sp³-hybridized carbons (Fsp3) is 0.600. The Balaban J connectivity index is 3.05. The molecule has 0 bridgehead atoms. The Morgan fingerprint density at radius 2 is 1.94 bits per heavy atom. The predicted octanol–water partition coefficient (Wildman–Crippen LogP) is 4.15. The van der Waals surface area contributed by atoms with E-state index in [-0.39, 0.29) is 11.5 Å². The molecule has 0 amide bonds. The van der Waals surface area contributed by atoms with Crippen molar-refractivity contribution in [2.45, 2.75) is 39.0 Å². The summed E-state index contributed by atoms with van der Waals surface area (Å²) in [5.41, 5.74) is 1.12. The second-order valence-electron chi connectivity index (χ2n) is 5.07. The molecule has 1 rings (SSSR count). The van der Waals surface area contributed by atoms with E-state index in [1.54, 1.807) is 26.0 Å². The Bertz CT molecular complexity index is 375. The first kappa shape index (κ1) is 15.1. The Hall–Kier alpha value is -0.960. The molecule has 0 saturated heterocycles. The summed E-state index contributed by atoms with van der Waals surface area (Å²) >= 11 is 0. The molecule has 102 valence electrons. The van der Waals surface area contributed by atoms with Crippen molar-refractivity contribution in [3.05, 3.63) is 35.4 Å². The van der Waals surface area contributed by atoms with E-state index < -0.39 is 11.8 Å². The van der Waals surface area contributed by atoms with Crippen LogP contribution in [-0.4, -0.2) is 13.6 Å². The number of benzene rings is 1. The van der Waals surface area contributed by atoms with E-state index in [1.807, 2.05) is 13.1 Å². The van der Waals surface area contributed by atoms with Gasteiger partial charge in [0.2, 0.25) is 0 Å². The lowest BCUT2D eigenvalue weighted by molar-refractivity contribution is -0.0514. The van der Waals surface area contributed by atoms with Crippen LogP contribution in [0.1, 0.15) is 44.2 Å². The fourth-order valence-electron chi connectivity index (χ4n) is 2.08. The molecule has 1 N–H and O–H groups in total. The molecule has 1 atom stereocenters. The van der Waals surface area contributed by atoms with Gasteiger partial charge in [0, 0.05) is 18.0 Å². The summed E-state index contributed by atoms with van der Waals surface area (Å²) in [4.78, 5) is 0. The van der Waals surface area contributed by atoms with E-state index in [2.05, 4.69) is 12.2 Å². The Kier molecular flexibility index (Phi) is 5.27. The van der Waals surface area contributed by atoms with Gasteiger partial charge in [0.1, 0.15) is 0 Å². The van der Waals surface area contributed by atoms with Crippen molar-refractivity contribution in [2.24, 2.45) is 5.92 Å². The average Bonchev–Trinajstić information content (AvgIpc) is 2.35. The molecule has 0 spiro atoms. The van der Waals surface area contributed by atoms with Gasteiger partial charge in [-0.25, -0.2) is 8.78 Å². The largest absolute Gasteiger partial charge is 0.319 e. The highest BCUT2D eigenvalue weighted by Crippen LogP contribution is 2.36. The van der Waals surface area contributed by atoms with E-state index in [1.165, 1.54) is 6.07 Å². The third-order valence-corrected chi connectivity index (χ3v) is 3.41. The molecule has 0 heterocycles. The highest BCUT2D eigenvalue weighted by molar-refractivity contribution is 5.30. The van der Waals surface area contributed by atoms with Crippen molar-refractivity contribution in [3.8, 4) is 0 Å². The van der Waals surface area contributed by atoms with E-state index in [9.17, 15) is 8.78 Å². The van der Waals surface area contributed by atoms with Crippen molar-refractivity contribution >= 4 is 0 Å². The van der Waals surface area contributed by atoms with E-state index in [4.69, 9.17) is 0 Å². The number of hydrogen-bond acceptors (Lipinski definition) is 1. The predicted molar refractivity (Wildman–Crippen MR) is 72.1 cm³/mol. The third kappa shape index (κ3) is 3.29. The highest BCUT2D eigenvalue weighted by atomic mass is 19.3. The molecule has 0 aliphatic carbocycles. The smallest absolute Gasteiger partial charge is 0.275 e. The number of likely N-dealkylation sites (N-methyl/N-ethyl adjacent to an activating group) is 1. The van der Waals surface area contributed by atoms with Crippen molar-refractivity contribution in [1.29, 1.82) is 0 Å². The molecular weight excluding hydrogens is 232 g/mol. The Labute approximate surface area is 109 Å². The van der Waals surface area contributed by atoms with Gasteiger partial charge in [-0.2, -0.15) is 0 Å². The molecular formula is C15H23F2N. The number of alkyl halides is 2. The topological polar surface area (TPSA) is 12.0 Å². The summed E-state index contributed by atoms with van der Waals surface area (Å²) < 4.78 is 28.0. The summed E-state index contributed by atoms with van der Waals surface area (Å²) in [6.07, 6.45) is 0.942. The number of hydrogen-bond donors (Lipinski definition) is 1. The zero-order valence-corrected chi connectivity index (χ0v) is 11.6. The molecule has 0 aromatic heterocycles. The van der Waals surface area contributed by atoms with Crippen LogP contribution in [0.15, 0.2) is 24.3 Å². The van der Waals surface area contributed by atoms with Gasteiger partial charge >= 0.3 is 0 Å². The molecule has 0 aliphatic heterocycles. The van der Waals surface area contributed by atoms with Gasteiger partial charge in [-0.15, -0.1) is 0 Å². The van der Waals surface area contributed by atoms with E-state index >= 15 is 0 Å². The number of nitrogens with one attached hydrogen (secondary N) is 1. The summed E-state index contributed by atoms with van der Waals surface area (Å²) in [5, 5.41) is 3.11. The molecule has 0 saturated carbocycles. The van der Waals surface area contributed by atoms with Crippen molar-refractivity contribution in [2.75, 3.05) is 13.6 Å². The molecule has 0 fully saturated rings. The van der Waals surface area contributed by atoms with E-state index in [0.717, 1.165) is 18.5 Å². The molecule has 0 radical (unpaired) electrons. The van der Waals surface area contributed by atoms with Crippen molar-refractivity contribution < 1.29 is 8.78 Å². The van der Waals surface area contributed by atoms with Gasteiger partial charge in [-0.3, -0.25) is 0 Å². The summed E-state index contributed by atoms with van der Waals surface area (Å²) in [6, 6.07) is 6.85. The standard InChI is InChI=1S/C15H23F2N/c1-5-12(10-18-4)13-7-6-8-14(9-13)15(16,17)11(2)3/h6-9,11-12,18H,5,10H2,1-4H3. The van der Waals surface area contributed by atoms with Gasteiger partial charge in [0.05, 0.1) is 0 Å². The van der Waals surface area contributed by atoms with Crippen LogP contribution in [0.25, 0.3) is 0 Å². The summed E-state index contributed by atoms with van der Waals surface area (Å²) in [7, 11) is 1.88. The van der Waals surface area contributed by atoms with Crippen LogP contribution in [0.5, 0.6) is 0 Å². The van der Waals surface area contributed by atoms with Crippen LogP contribution in [0.4, 0.5) is 8.78 Å². The Morgan fingerprint density at radius 3 is 2.44 bits per heavy atom. The first-order valence-corrected chi connectivity index (χ1v) is 6.56. The SMILES string of the molecule is CCC(CNC)c1cccc(C(F)(F)C(C)C)c1. The van der Waals surface area contributed by atoms with Crippen LogP contribution in [-0.2, 0) is 5.92 Å². The minimum absolute atomic E-state index is 0.129. The summed E-state index contributed by atoms with van der Waals surface area (Å²) in [5.74, 6) is -3.15. The average molecular weight is 255 g/mol. The van der Waals surface area contributed by atoms with Gasteiger partial charge in [0.15, 0.2) is 0 Å². The second-order valence-corrected chi connectivity index (χ2v) is 5.07. The van der Waals surface area contributed by atoms with Gasteiger partial charge in [-0.05, 0) is 31.0 Å². The number of halogens is 2. The van der Waals surface area contributed by atoms with Crippen LogP contribution < -0.4 is 5.32 Å². The maximum Gasteiger partial charge on any atom is 0.275 e. The van der Waals surface area contributed by atoms with Crippen molar-refractivity contribution in [3.63, 3.8) is 0 Å². The lowest BCUT2D eigenvalue weighted by Gasteiger charge is -2.23. The van der Waals surface area contributed by atoms with Crippen LogP contribution in [0.3, 0.4) is 0 Å². The normalized spacial score (nSPS) is 13.9. The molecule has 3 heteroatoms. The van der Waals surface area contributed by atoms with Gasteiger partial charge in [0.25, 0.3) is 5.92 Å². The van der Waals surface area contributed by atoms with Gasteiger partial charge in [-0.1, -0.05) is 39.0 Å². The lowest BCUT2D eigenvalue weighted by Crippen LogP contribution is -2.22. The van der Waals surface area contributed by atoms with Gasteiger partial charge < -0.3 is 5.32 Å². The third-order valence-electron chi connectivity index (χ3n) is 3.41. The van der Waals surface area contributed by atoms with E-state index in [0.29, 0.717) is 0 Å². The molecule has 1 aromatic carbocycles. The fourth-order valence-corrected chi connectivity index (χ4v) is 2.08. The minimum Gasteiger partial charge on any atom is -0.319 e. The second kappa shape index (κ2) is 6.28. The van der Waals surface area contributed by atoms with Crippen LogP contribution in [0.2, 0.25) is 0 Å². The lowest BCUT2D eigenvalue weighted by atomic mass is 9.91. The highest BCUT2D eigenvalue weighted by Gasteiger charge is 2.35. The maximum absolute atomic E-state index is 14.0. The molecule has 1 aromatic rings. The summed E-state index contributed by atoms with van der Waals surface area (Å²) in [6.45, 7) is 6.00. The van der Waals surface area contributed by atoms with Crippen LogP contribution >= 0.6 is 0 Å². The molecule has 1 unspecified atom stereocenters. The Morgan fingerprint density at radius 1 is 1.28 bits per heavy atom. The molecule has 1 nitrogen and oxygen atoms in total. The molecule has 0 aliphatic rings. The zero-order valence-electron chi connectivity index (χ0n) is 11.6. The zero-order chi connectivity index (χ0) is 13.8. The first-order chi connectivity index (χ1) is 8.43. The van der Waals surface area contributed by atoms with Crippen LogP contribution in [0, 0.1) is 5.92 Å². The quantitative estimate of drug-likeness (QED) is 0.805. The monoisotopic (exact) mass is 255 g/mol. The first-order valence-electron chi connectivity index (χ1n) is 6.56. The molecule has 18 heavy (non-hydrogen) atoms. The number of rotatable bonds is 6. The maximum atomic E-state index is 14.0. The van der Waals surface area contributed by atoms with Crippen molar-refractivity contribution in [1.82, 2.24) is 5.32 Å².